The number of rotatable bonds is 3. The van der Waals surface area contributed by atoms with E-state index in [1.807, 2.05) is 24.3 Å². The predicted octanol–water partition coefficient (Wildman–Crippen LogP) is 4.01. The molecule has 0 amide bonds. The summed E-state index contributed by atoms with van der Waals surface area (Å²) in [7, 11) is 1.64. The molecule has 2 aromatic rings. The molecule has 0 spiro atoms. The second kappa shape index (κ2) is 5.01. The summed E-state index contributed by atoms with van der Waals surface area (Å²) in [6.07, 6.45) is 0. The van der Waals surface area contributed by atoms with Crippen LogP contribution in [-0.2, 0) is 5.33 Å². The molecular weight excluding hydrogens is 338 g/mol. The van der Waals surface area contributed by atoms with Crippen LogP contribution in [0, 0.1) is 0 Å². The maximum Gasteiger partial charge on any atom is 0.147 e. The lowest BCUT2D eigenvalue weighted by atomic mass is 10.1. The highest BCUT2D eigenvalue weighted by Gasteiger charge is 2.11. The van der Waals surface area contributed by atoms with Crippen molar-refractivity contribution >= 4 is 31.9 Å². The molecule has 0 aliphatic heterocycles. The molecule has 5 heteroatoms. The standard InChI is InChI=1S/C11H9Br2NO2/c1-15-11-3-2-7(13)4-9(11)10-5-8(6-12)16-14-10/h2-5H,6H2,1H3. The van der Waals surface area contributed by atoms with Gasteiger partial charge in [0.1, 0.15) is 17.2 Å². The Balaban J connectivity index is 2.49. The highest BCUT2D eigenvalue weighted by atomic mass is 79.9. The molecule has 0 atom stereocenters. The molecule has 0 saturated carbocycles. The van der Waals surface area contributed by atoms with Gasteiger partial charge in [-0.15, -0.1) is 0 Å². The Hall–Kier alpha value is -0.810. The average Bonchev–Trinajstić information content (AvgIpc) is 2.77. The first-order valence-corrected chi connectivity index (χ1v) is 6.51. The largest absolute Gasteiger partial charge is 0.496 e. The zero-order chi connectivity index (χ0) is 11.5. The van der Waals surface area contributed by atoms with Crippen LogP contribution in [0.2, 0.25) is 0 Å². The topological polar surface area (TPSA) is 35.3 Å². The van der Waals surface area contributed by atoms with E-state index in [2.05, 4.69) is 37.0 Å². The van der Waals surface area contributed by atoms with Gasteiger partial charge in [0.05, 0.1) is 12.4 Å². The molecule has 84 valence electrons. The molecule has 1 heterocycles. The number of ether oxygens (including phenoxy) is 1. The van der Waals surface area contributed by atoms with Gasteiger partial charge in [0.2, 0.25) is 0 Å². The van der Waals surface area contributed by atoms with Crippen molar-refractivity contribution in [3.05, 3.63) is 34.5 Å². The van der Waals surface area contributed by atoms with Gasteiger partial charge < -0.3 is 9.26 Å². The first-order valence-electron chi connectivity index (χ1n) is 4.60. The molecule has 2 rings (SSSR count). The van der Waals surface area contributed by atoms with Gasteiger partial charge in [-0.05, 0) is 18.2 Å². The molecular formula is C11H9Br2NO2. The van der Waals surface area contributed by atoms with E-state index in [9.17, 15) is 0 Å². The van der Waals surface area contributed by atoms with Gasteiger partial charge in [-0.1, -0.05) is 37.0 Å². The van der Waals surface area contributed by atoms with Crippen LogP contribution in [0.4, 0.5) is 0 Å². The van der Waals surface area contributed by atoms with Crippen LogP contribution >= 0.6 is 31.9 Å². The third-order valence-electron chi connectivity index (χ3n) is 2.13. The summed E-state index contributed by atoms with van der Waals surface area (Å²) in [5.41, 5.74) is 1.68. The summed E-state index contributed by atoms with van der Waals surface area (Å²) in [5, 5.41) is 4.65. The number of methoxy groups -OCH3 is 1. The number of alkyl halides is 1. The second-order valence-electron chi connectivity index (χ2n) is 3.16. The quantitative estimate of drug-likeness (QED) is 0.788. The van der Waals surface area contributed by atoms with Gasteiger partial charge in [0.25, 0.3) is 0 Å². The van der Waals surface area contributed by atoms with Crippen molar-refractivity contribution in [2.75, 3.05) is 7.11 Å². The molecule has 0 aliphatic rings. The molecule has 0 fully saturated rings. The van der Waals surface area contributed by atoms with Gasteiger partial charge in [-0.25, -0.2) is 0 Å². The Kier molecular flexibility index (Phi) is 3.66. The summed E-state index contributed by atoms with van der Waals surface area (Å²) in [6.45, 7) is 0. The molecule has 0 N–H and O–H groups in total. The van der Waals surface area contributed by atoms with Crippen molar-refractivity contribution < 1.29 is 9.26 Å². The lowest BCUT2D eigenvalue weighted by Gasteiger charge is -2.05. The normalized spacial score (nSPS) is 10.4. The minimum atomic E-state index is 0.649. The molecule has 0 unspecified atom stereocenters. The Bertz CT molecular complexity index is 496. The van der Waals surface area contributed by atoms with Gasteiger partial charge >= 0.3 is 0 Å². The third kappa shape index (κ3) is 2.30. The number of benzene rings is 1. The van der Waals surface area contributed by atoms with Gasteiger partial charge in [0.15, 0.2) is 0 Å². The van der Waals surface area contributed by atoms with Gasteiger partial charge in [0, 0.05) is 16.1 Å². The summed E-state index contributed by atoms with van der Waals surface area (Å²) in [6, 6.07) is 7.66. The first kappa shape index (κ1) is 11.7. The number of aromatic nitrogens is 1. The van der Waals surface area contributed by atoms with E-state index in [1.54, 1.807) is 7.11 Å². The number of hydrogen-bond acceptors (Lipinski definition) is 3. The Morgan fingerprint density at radius 2 is 2.19 bits per heavy atom. The van der Waals surface area contributed by atoms with Crippen LogP contribution in [0.5, 0.6) is 5.75 Å². The molecule has 0 saturated heterocycles. The fraction of sp³-hybridized carbons (Fsp3) is 0.182. The van der Waals surface area contributed by atoms with E-state index >= 15 is 0 Å². The Morgan fingerprint density at radius 3 is 2.81 bits per heavy atom. The van der Waals surface area contributed by atoms with Crippen LogP contribution in [0.25, 0.3) is 11.3 Å². The van der Waals surface area contributed by atoms with E-state index in [0.717, 1.165) is 27.2 Å². The molecule has 0 radical (unpaired) electrons. The Morgan fingerprint density at radius 1 is 1.38 bits per heavy atom. The van der Waals surface area contributed by atoms with Crippen LogP contribution < -0.4 is 4.74 Å². The molecule has 1 aromatic carbocycles. The molecule has 16 heavy (non-hydrogen) atoms. The number of halogens is 2. The van der Waals surface area contributed by atoms with Crippen molar-refractivity contribution in [2.24, 2.45) is 0 Å². The lowest BCUT2D eigenvalue weighted by molar-refractivity contribution is 0.395. The van der Waals surface area contributed by atoms with Crippen LogP contribution in [0.1, 0.15) is 5.76 Å². The fourth-order valence-electron chi connectivity index (χ4n) is 1.38. The molecule has 3 nitrogen and oxygen atoms in total. The minimum Gasteiger partial charge on any atom is -0.496 e. The molecule has 0 aliphatic carbocycles. The third-order valence-corrected chi connectivity index (χ3v) is 3.17. The average molecular weight is 347 g/mol. The zero-order valence-electron chi connectivity index (χ0n) is 8.54. The molecule has 1 aromatic heterocycles. The van der Waals surface area contributed by atoms with E-state index in [1.165, 1.54) is 0 Å². The fourth-order valence-corrected chi connectivity index (χ4v) is 2.01. The van der Waals surface area contributed by atoms with E-state index in [0.29, 0.717) is 5.33 Å². The van der Waals surface area contributed by atoms with Gasteiger partial charge in [-0.3, -0.25) is 0 Å². The van der Waals surface area contributed by atoms with E-state index in [-0.39, 0.29) is 0 Å². The first-order chi connectivity index (χ1) is 7.74. The number of hydrogen-bond donors (Lipinski definition) is 0. The van der Waals surface area contributed by atoms with Crippen molar-refractivity contribution in [1.29, 1.82) is 0 Å². The SMILES string of the molecule is COc1ccc(Br)cc1-c1cc(CBr)on1. The smallest absolute Gasteiger partial charge is 0.147 e. The van der Waals surface area contributed by atoms with Crippen LogP contribution in [0.15, 0.2) is 33.3 Å². The van der Waals surface area contributed by atoms with Crippen molar-refractivity contribution in [1.82, 2.24) is 5.16 Å². The molecule has 0 bridgehead atoms. The second-order valence-corrected chi connectivity index (χ2v) is 4.63. The Labute approximate surface area is 110 Å². The highest BCUT2D eigenvalue weighted by molar-refractivity contribution is 9.10. The maximum absolute atomic E-state index is 5.28. The zero-order valence-corrected chi connectivity index (χ0v) is 11.7. The summed E-state index contributed by atoms with van der Waals surface area (Å²) in [4.78, 5) is 0. The highest BCUT2D eigenvalue weighted by Crippen LogP contribution is 2.32. The van der Waals surface area contributed by atoms with E-state index < -0.39 is 0 Å². The maximum atomic E-state index is 5.28. The van der Waals surface area contributed by atoms with Crippen molar-refractivity contribution in [2.45, 2.75) is 5.33 Å². The summed E-state index contributed by atoms with van der Waals surface area (Å²) < 4.78 is 11.4. The monoisotopic (exact) mass is 345 g/mol. The van der Waals surface area contributed by atoms with Crippen molar-refractivity contribution in [3.63, 3.8) is 0 Å². The minimum absolute atomic E-state index is 0.649. The van der Waals surface area contributed by atoms with Gasteiger partial charge in [-0.2, -0.15) is 0 Å². The number of nitrogens with zero attached hydrogens (tertiary/aromatic N) is 1. The van der Waals surface area contributed by atoms with Crippen molar-refractivity contribution in [3.8, 4) is 17.0 Å². The summed E-state index contributed by atoms with van der Waals surface area (Å²) in [5.74, 6) is 1.56. The van der Waals surface area contributed by atoms with Crippen LogP contribution in [0.3, 0.4) is 0 Å². The predicted molar refractivity (Wildman–Crippen MR) is 68.8 cm³/mol. The van der Waals surface area contributed by atoms with Crippen LogP contribution in [-0.4, -0.2) is 12.3 Å². The lowest BCUT2D eigenvalue weighted by Crippen LogP contribution is -1.87. The summed E-state index contributed by atoms with van der Waals surface area (Å²) >= 11 is 6.74. The van der Waals surface area contributed by atoms with E-state index in [4.69, 9.17) is 9.26 Å².